The van der Waals surface area contributed by atoms with Crippen molar-refractivity contribution < 1.29 is 14.3 Å². The number of rotatable bonds is 4. The molecule has 1 amide bonds. The number of hydrogen-bond donors (Lipinski definition) is 0. The molecule has 2 aromatic rings. The van der Waals surface area contributed by atoms with E-state index in [0.717, 1.165) is 17.7 Å². The maximum Gasteiger partial charge on any atom is 0.410 e. The predicted octanol–water partition coefficient (Wildman–Crippen LogP) is 4.03. The molecule has 2 aromatic carbocycles. The van der Waals surface area contributed by atoms with Crippen molar-refractivity contribution >= 4 is 6.09 Å². The van der Waals surface area contributed by atoms with E-state index >= 15 is 0 Å². The van der Waals surface area contributed by atoms with Gasteiger partial charge in [-0.3, -0.25) is 0 Å². The molecule has 0 radical (unpaired) electrons. The summed E-state index contributed by atoms with van der Waals surface area (Å²) >= 11 is 0. The molecule has 4 rings (SSSR count). The second-order valence-corrected chi connectivity index (χ2v) is 6.56. The minimum Gasteiger partial charge on any atom is -0.486 e. The molecule has 1 aliphatic heterocycles. The molecule has 4 nitrogen and oxygen atoms in total. The zero-order valence-electron chi connectivity index (χ0n) is 14.0. The van der Waals surface area contributed by atoms with Crippen LogP contribution in [0.5, 0.6) is 5.75 Å². The highest BCUT2D eigenvalue weighted by Crippen LogP contribution is 2.35. The summed E-state index contributed by atoms with van der Waals surface area (Å²) in [7, 11) is 0. The maximum absolute atomic E-state index is 12.3. The fraction of sp³-hybridized carbons (Fsp3) is 0.286. The Balaban J connectivity index is 1.30. The lowest BCUT2D eigenvalue weighted by Gasteiger charge is -2.18. The van der Waals surface area contributed by atoms with Crippen LogP contribution in [-0.2, 0) is 11.3 Å². The Morgan fingerprint density at radius 1 is 1.04 bits per heavy atom. The molecule has 2 aliphatic rings. The molecule has 2 atom stereocenters. The Labute approximate surface area is 147 Å². The molecular formula is C21H21NO3. The first-order chi connectivity index (χ1) is 12.3. The number of para-hydroxylation sites is 1. The lowest BCUT2D eigenvalue weighted by molar-refractivity contribution is 0.102. The standard InChI is InChI=1S/C21H21NO3/c23-21(24-15-16-7-3-1-4-8-16)22-13-17-11-20(12-18(17)14-22)25-19-9-5-2-6-10-19/h1-11,18,20H,12-15H2/t18-,20-/m0/s1. The molecule has 1 aliphatic carbocycles. The molecule has 0 spiro atoms. The van der Waals surface area contributed by atoms with Crippen LogP contribution in [0, 0.1) is 5.92 Å². The Kier molecular flexibility index (Phi) is 4.42. The Bertz CT molecular complexity index is 757. The molecule has 1 fully saturated rings. The quantitative estimate of drug-likeness (QED) is 0.792. The average molecular weight is 335 g/mol. The summed E-state index contributed by atoms with van der Waals surface area (Å²) in [5.74, 6) is 1.28. The number of benzene rings is 2. The third kappa shape index (κ3) is 3.68. The van der Waals surface area contributed by atoms with Gasteiger partial charge in [0, 0.05) is 19.0 Å². The number of carbonyl (C=O) groups excluding carboxylic acids is 1. The lowest BCUT2D eigenvalue weighted by Crippen LogP contribution is -2.30. The molecule has 4 heteroatoms. The van der Waals surface area contributed by atoms with Gasteiger partial charge in [0.2, 0.25) is 0 Å². The first-order valence-corrected chi connectivity index (χ1v) is 8.66. The molecule has 0 aromatic heterocycles. The van der Waals surface area contributed by atoms with Gasteiger partial charge in [0.05, 0.1) is 0 Å². The highest BCUT2D eigenvalue weighted by Gasteiger charge is 2.37. The largest absolute Gasteiger partial charge is 0.486 e. The van der Waals surface area contributed by atoms with Gasteiger partial charge in [-0.1, -0.05) is 48.5 Å². The number of hydrogen-bond acceptors (Lipinski definition) is 3. The van der Waals surface area contributed by atoms with Gasteiger partial charge >= 0.3 is 6.09 Å². The topological polar surface area (TPSA) is 38.8 Å². The molecule has 128 valence electrons. The SMILES string of the molecule is O=C(OCc1ccccc1)N1CC2=C[C@H](Oc3ccccc3)C[C@H]2C1. The summed E-state index contributed by atoms with van der Waals surface area (Å²) in [6.45, 7) is 1.68. The van der Waals surface area contributed by atoms with Crippen LogP contribution in [0.3, 0.4) is 0 Å². The normalized spacial score (nSPS) is 21.6. The van der Waals surface area contributed by atoms with Crippen LogP contribution >= 0.6 is 0 Å². The van der Waals surface area contributed by atoms with Crippen molar-refractivity contribution in [1.29, 1.82) is 0 Å². The van der Waals surface area contributed by atoms with Crippen LogP contribution in [0.25, 0.3) is 0 Å². The summed E-state index contributed by atoms with van der Waals surface area (Å²) in [5, 5.41) is 0. The van der Waals surface area contributed by atoms with Crippen LogP contribution in [0.1, 0.15) is 12.0 Å². The van der Waals surface area contributed by atoms with E-state index in [0.29, 0.717) is 25.6 Å². The van der Waals surface area contributed by atoms with Crippen molar-refractivity contribution in [3.63, 3.8) is 0 Å². The van der Waals surface area contributed by atoms with Crippen molar-refractivity contribution in [3.05, 3.63) is 77.9 Å². The first kappa shape index (κ1) is 15.8. The van der Waals surface area contributed by atoms with Crippen LogP contribution < -0.4 is 4.74 Å². The highest BCUT2D eigenvalue weighted by atomic mass is 16.6. The Morgan fingerprint density at radius 3 is 2.48 bits per heavy atom. The second kappa shape index (κ2) is 7.01. The van der Waals surface area contributed by atoms with Gasteiger partial charge < -0.3 is 14.4 Å². The van der Waals surface area contributed by atoms with Crippen molar-refractivity contribution in [1.82, 2.24) is 4.90 Å². The fourth-order valence-corrected chi connectivity index (χ4v) is 3.50. The molecule has 25 heavy (non-hydrogen) atoms. The second-order valence-electron chi connectivity index (χ2n) is 6.56. The summed E-state index contributed by atoms with van der Waals surface area (Å²) in [6, 6.07) is 19.6. The third-order valence-electron chi connectivity index (χ3n) is 4.75. The van der Waals surface area contributed by atoms with Gasteiger partial charge in [-0.05, 0) is 35.8 Å². The number of fused-ring (bicyclic) bond motifs is 1. The van der Waals surface area contributed by atoms with Gasteiger partial charge in [-0.15, -0.1) is 0 Å². The number of nitrogens with zero attached hydrogens (tertiary/aromatic N) is 1. The molecular weight excluding hydrogens is 314 g/mol. The number of likely N-dealkylation sites (tertiary alicyclic amines) is 1. The monoisotopic (exact) mass is 335 g/mol. The van der Waals surface area contributed by atoms with E-state index in [4.69, 9.17) is 9.47 Å². The summed E-state index contributed by atoms with van der Waals surface area (Å²) in [5.41, 5.74) is 2.29. The smallest absolute Gasteiger partial charge is 0.410 e. The van der Waals surface area contributed by atoms with Gasteiger partial charge in [0.25, 0.3) is 0 Å². The van der Waals surface area contributed by atoms with E-state index in [1.807, 2.05) is 60.7 Å². The van der Waals surface area contributed by atoms with E-state index in [9.17, 15) is 4.79 Å². The zero-order chi connectivity index (χ0) is 17.1. The number of carbonyl (C=O) groups is 1. The van der Waals surface area contributed by atoms with E-state index < -0.39 is 0 Å². The Morgan fingerprint density at radius 2 is 1.76 bits per heavy atom. The van der Waals surface area contributed by atoms with Crippen molar-refractivity contribution in [3.8, 4) is 5.75 Å². The molecule has 0 saturated carbocycles. The van der Waals surface area contributed by atoms with Crippen LogP contribution in [-0.4, -0.2) is 30.2 Å². The average Bonchev–Trinajstić information content (AvgIpc) is 3.20. The van der Waals surface area contributed by atoms with Crippen LogP contribution in [0.2, 0.25) is 0 Å². The molecule has 0 bridgehead atoms. The first-order valence-electron chi connectivity index (χ1n) is 8.66. The highest BCUT2D eigenvalue weighted by molar-refractivity contribution is 5.69. The summed E-state index contributed by atoms with van der Waals surface area (Å²) < 4.78 is 11.4. The number of amides is 1. The van der Waals surface area contributed by atoms with Crippen LogP contribution in [0.15, 0.2) is 72.3 Å². The van der Waals surface area contributed by atoms with Crippen LogP contribution in [0.4, 0.5) is 4.79 Å². The maximum atomic E-state index is 12.3. The minimum absolute atomic E-state index is 0.102. The lowest BCUT2D eigenvalue weighted by atomic mass is 10.1. The summed E-state index contributed by atoms with van der Waals surface area (Å²) in [4.78, 5) is 14.1. The van der Waals surface area contributed by atoms with E-state index in [1.165, 1.54) is 5.57 Å². The third-order valence-corrected chi connectivity index (χ3v) is 4.75. The zero-order valence-corrected chi connectivity index (χ0v) is 14.0. The van der Waals surface area contributed by atoms with Gasteiger partial charge in [0.15, 0.2) is 0 Å². The molecule has 1 heterocycles. The summed E-state index contributed by atoms with van der Waals surface area (Å²) in [6.07, 6.45) is 2.96. The van der Waals surface area contributed by atoms with Gasteiger partial charge in [-0.25, -0.2) is 4.79 Å². The van der Waals surface area contributed by atoms with E-state index in [2.05, 4.69) is 6.08 Å². The molecule has 0 unspecified atom stereocenters. The van der Waals surface area contributed by atoms with Gasteiger partial charge in [-0.2, -0.15) is 0 Å². The van der Waals surface area contributed by atoms with E-state index in [-0.39, 0.29) is 12.2 Å². The predicted molar refractivity (Wildman–Crippen MR) is 95.2 cm³/mol. The number of ether oxygens (including phenoxy) is 2. The minimum atomic E-state index is -0.236. The van der Waals surface area contributed by atoms with Crippen molar-refractivity contribution in [2.75, 3.05) is 13.1 Å². The van der Waals surface area contributed by atoms with Crippen molar-refractivity contribution in [2.24, 2.45) is 5.92 Å². The Hall–Kier alpha value is -2.75. The van der Waals surface area contributed by atoms with Gasteiger partial charge in [0.1, 0.15) is 18.5 Å². The molecule has 0 N–H and O–H groups in total. The van der Waals surface area contributed by atoms with E-state index in [1.54, 1.807) is 4.90 Å². The fourth-order valence-electron chi connectivity index (χ4n) is 3.50. The van der Waals surface area contributed by atoms with Crippen molar-refractivity contribution in [2.45, 2.75) is 19.1 Å². The molecule has 1 saturated heterocycles.